The Balaban J connectivity index is 1.38. The van der Waals surface area contributed by atoms with Crippen LogP contribution in [0.1, 0.15) is 24.8 Å². The average Bonchev–Trinajstić information content (AvgIpc) is 3.33. The van der Waals surface area contributed by atoms with Crippen molar-refractivity contribution in [2.24, 2.45) is 5.92 Å². The van der Waals surface area contributed by atoms with Gasteiger partial charge in [-0.05, 0) is 42.9 Å². The van der Waals surface area contributed by atoms with Crippen LogP contribution >= 0.6 is 0 Å². The van der Waals surface area contributed by atoms with E-state index in [2.05, 4.69) is 21.6 Å². The number of fused-ring (bicyclic) bond motifs is 2. The SMILES string of the molecule is N#C[C@H](Cc1ccc(N2CCOCC2)cc1F)NC(=O)C1NC2CCC1C2. The molecule has 144 valence electrons. The number of morpholine rings is 1. The minimum Gasteiger partial charge on any atom is -0.378 e. The van der Waals surface area contributed by atoms with Crippen molar-refractivity contribution < 1.29 is 13.9 Å². The molecule has 7 heteroatoms. The normalized spacial score (nSPS) is 28.0. The van der Waals surface area contributed by atoms with Gasteiger partial charge in [0.25, 0.3) is 0 Å². The van der Waals surface area contributed by atoms with E-state index in [9.17, 15) is 14.4 Å². The lowest BCUT2D eigenvalue weighted by molar-refractivity contribution is -0.124. The maximum Gasteiger partial charge on any atom is 0.238 e. The molecule has 2 saturated heterocycles. The molecule has 4 rings (SSSR count). The van der Waals surface area contributed by atoms with E-state index in [0.717, 1.165) is 38.0 Å². The summed E-state index contributed by atoms with van der Waals surface area (Å²) < 4.78 is 19.9. The number of piperidine rings is 1. The average molecular weight is 372 g/mol. The van der Waals surface area contributed by atoms with E-state index in [1.165, 1.54) is 6.07 Å². The minimum atomic E-state index is -0.734. The van der Waals surface area contributed by atoms with E-state index >= 15 is 0 Å². The number of carbonyl (C=O) groups excluding carboxylic acids is 1. The Labute approximate surface area is 158 Å². The molecule has 2 aliphatic heterocycles. The second kappa shape index (κ2) is 7.83. The molecule has 0 radical (unpaired) electrons. The highest BCUT2D eigenvalue weighted by molar-refractivity contribution is 5.83. The first-order valence-electron chi connectivity index (χ1n) is 9.71. The van der Waals surface area contributed by atoms with Gasteiger partial charge in [-0.25, -0.2) is 4.39 Å². The first kappa shape index (κ1) is 18.2. The lowest BCUT2D eigenvalue weighted by Crippen LogP contribution is -2.50. The Kier molecular flexibility index (Phi) is 5.28. The third-order valence-corrected chi connectivity index (χ3v) is 5.95. The minimum absolute atomic E-state index is 0.140. The van der Waals surface area contributed by atoms with Crippen LogP contribution in [0.3, 0.4) is 0 Å². The van der Waals surface area contributed by atoms with Gasteiger partial charge in [0.05, 0.1) is 25.3 Å². The zero-order valence-electron chi connectivity index (χ0n) is 15.3. The smallest absolute Gasteiger partial charge is 0.238 e. The predicted octanol–water partition coefficient (Wildman–Crippen LogP) is 1.35. The number of rotatable bonds is 5. The second-order valence-corrected chi connectivity index (χ2v) is 7.68. The molecule has 1 aromatic carbocycles. The van der Waals surface area contributed by atoms with Crippen LogP contribution in [0.4, 0.5) is 10.1 Å². The molecule has 1 amide bonds. The van der Waals surface area contributed by atoms with Gasteiger partial charge in [-0.2, -0.15) is 5.26 Å². The molecule has 6 nitrogen and oxygen atoms in total. The zero-order valence-corrected chi connectivity index (χ0v) is 15.3. The van der Waals surface area contributed by atoms with Crippen molar-refractivity contribution in [2.75, 3.05) is 31.2 Å². The largest absolute Gasteiger partial charge is 0.378 e. The van der Waals surface area contributed by atoms with Crippen molar-refractivity contribution >= 4 is 11.6 Å². The summed E-state index contributed by atoms with van der Waals surface area (Å²) in [4.78, 5) is 14.6. The number of halogens is 1. The summed E-state index contributed by atoms with van der Waals surface area (Å²) in [6.45, 7) is 2.77. The number of benzene rings is 1. The van der Waals surface area contributed by atoms with Gasteiger partial charge in [-0.3, -0.25) is 4.79 Å². The molecule has 1 aromatic rings. The van der Waals surface area contributed by atoms with Crippen LogP contribution in [0, 0.1) is 23.1 Å². The number of carbonyl (C=O) groups is 1. The molecule has 0 spiro atoms. The van der Waals surface area contributed by atoms with Crippen molar-refractivity contribution in [3.05, 3.63) is 29.6 Å². The van der Waals surface area contributed by atoms with Crippen LogP contribution in [-0.4, -0.2) is 50.3 Å². The van der Waals surface area contributed by atoms with Crippen LogP contribution in [0.5, 0.6) is 0 Å². The van der Waals surface area contributed by atoms with Crippen molar-refractivity contribution in [3.63, 3.8) is 0 Å². The Morgan fingerprint density at radius 3 is 2.85 bits per heavy atom. The molecule has 2 bridgehead atoms. The third kappa shape index (κ3) is 3.92. The van der Waals surface area contributed by atoms with Crippen LogP contribution < -0.4 is 15.5 Å². The number of nitrogens with zero attached hydrogens (tertiary/aromatic N) is 2. The van der Waals surface area contributed by atoms with Crippen molar-refractivity contribution in [1.82, 2.24) is 10.6 Å². The quantitative estimate of drug-likeness (QED) is 0.816. The summed E-state index contributed by atoms with van der Waals surface area (Å²) in [7, 11) is 0. The van der Waals surface area contributed by atoms with E-state index in [1.54, 1.807) is 6.07 Å². The molecule has 2 heterocycles. The van der Waals surface area contributed by atoms with Gasteiger partial charge in [0.15, 0.2) is 0 Å². The van der Waals surface area contributed by atoms with Gasteiger partial charge < -0.3 is 20.3 Å². The van der Waals surface area contributed by atoms with E-state index in [4.69, 9.17) is 4.74 Å². The fourth-order valence-electron chi connectivity index (χ4n) is 4.48. The van der Waals surface area contributed by atoms with Gasteiger partial charge in [0.2, 0.25) is 5.91 Å². The Morgan fingerprint density at radius 2 is 2.22 bits per heavy atom. The van der Waals surface area contributed by atoms with Gasteiger partial charge in [0.1, 0.15) is 11.9 Å². The standard InChI is InChI=1S/C20H25FN4O2/c21-18-11-17(25-5-7-27-8-6-25)4-2-13(18)9-16(12-22)24-20(26)19-14-1-3-15(10-14)23-19/h2,4,11,14-16,19,23H,1,3,5-10H2,(H,24,26)/t14?,15?,16-,19?/m0/s1. The van der Waals surface area contributed by atoms with Gasteiger partial charge >= 0.3 is 0 Å². The van der Waals surface area contributed by atoms with Crippen LogP contribution in [0.25, 0.3) is 0 Å². The van der Waals surface area contributed by atoms with E-state index in [-0.39, 0.29) is 24.2 Å². The van der Waals surface area contributed by atoms with Gasteiger partial charge in [0, 0.05) is 31.2 Å². The molecule has 3 aliphatic rings. The summed E-state index contributed by atoms with van der Waals surface area (Å²) in [5, 5.41) is 15.5. The maximum absolute atomic E-state index is 14.6. The van der Waals surface area contributed by atoms with E-state index in [1.807, 2.05) is 6.07 Å². The first-order chi connectivity index (χ1) is 13.1. The van der Waals surface area contributed by atoms with E-state index in [0.29, 0.717) is 30.7 Å². The molecular weight excluding hydrogens is 347 g/mol. The molecule has 0 aromatic heterocycles. The highest BCUT2D eigenvalue weighted by Crippen LogP contribution is 2.35. The number of anilines is 1. The summed E-state index contributed by atoms with van der Waals surface area (Å²) in [5.74, 6) is -0.121. The number of amides is 1. The third-order valence-electron chi connectivity index (χ3n) is 5.95. The molecule has 1 aliphatic carbocycles. The number of nitrogens with one attached hydrogen (secondary N) is 2. The molecule has 4 atom stereocenters. The van der Waals surface area contributed by atoms with Crippen LogP contribution in [0.2, 0.25) is 0 Å². The van der Waals surface area contributed by atoms with Crippen LogP contribution in [0.15, 0.2) is 18.2 Å². The second-order valence-electron chi connectivity index (χ2n) is 7.68. The highest BCUT2D eigenvalue weighted by atomic mass is 19.1. The monoisotopic (exact) mass is 372 g/mol. The Bertz CT molecular complexity index is 744. The van der Waals surface area contributed by atoms with Crippen molar-refractivity contribution in [1.29, 1.82) is 5.26 Å². The fourth-order valence-corrected chi connectivity index (χ4v) is 4.48. The Morgan fingerprint density at radius 1 is 1.41 bits per heavy atom. The number of hydrogen-bond donors (Lipinski definition) is 2. The lowest BCUT2D eigenvalue weighted by atomic mass is 9.98. The molecule has 1 saturated carbocycles. The summed E-state index contributed by atoms with van der Waals surface area (Å²) >= 11 is 0. The molecule has 3 unspecified atom stereocenters. The summed E-state index contributed by atoms with van der Waals surface area (Å²) in [5.41, 5.74) is 1.27. The first-order valence-corrected chi connectivity index (χ1v) is 9.71. The molecule has 2 N–H and O–H groups in total. The summed E-state index contributed by atoms with van der Waals surface area (Å²) in [6.07, 6.45) is 3.38. The highest BCUT2D eigenvalue weighted by Gasteiger charge is 2.43. The lowest BCUT2D eigenvalue weighted by Gasteiger charge is -2.29. The zero-order chi connectivity index (χ0) is 18.8. The van der Waals surface area contributed by atoms with Crippen molar-refractivity contribution in [2.45, 2.75) is 43.8 Å². The molecule has 3 fully saturated rings. The number of hydrogen-bond acceptors (Lipinski definition) is 5. The van der Waals surface area contributed by atoms with E-state index < -0.39 is 6.04 Å². The van der Waals surface area contributed by atoms with Gasteiger partial charge in [-0.15, -0.1) is 0 Å². The Hall–Kier alpha value is -2.17. The maximum atomic E-state index is 14.6. The van der Waals surface area contributed by atoms with Crippen molar-refractivity contribution in [3.8, 4) is 6.07 Å². The molecular formula is C20H25FN4O2. The fraction of sp³-hybridized carbons (Fsp3) is 0.600. The van der Waals surface area contributed by atoms with Crippen LogP contribution in [-0.2, 0) is 16.0 Å². The predicted molar refractivity (Wildman–Crippen MR) is 98.7 cm³/mol. The number of ether oxygens (including phenoxy) is 1. The summed E-state index contributed by atoms with van der Waals surface area (Å²) in [6, 6.07) is 6.67. The molecule has 27 heavy (non-hydrogen) atoms. The topological polar surface area (TPSA) is 77.4 Å². The van der Waals surface area contributed by atoms with Gasteiger partial charge in [-0.1, -0.05) is 6.07 Å². The number of nitriles is 1.